The maximum Gasteiger partial charge on any atom is 0.289 e. The van der Waals surface area contributed by atoms with Crippen LogP contribution in [0.25, 0.3) is 0 Å². The van der Waals surface area contributed by atoms with E-state index in [9.17, 15) is 19.3 Å². The van der Waals surface area contributed by atoms with Crippen LogP contribution in [-0.4, -0.2) is 21.5 Å². The molecular formula is C14H11FN4O3. The Morgan fingerprint density at radius 3 is 2.50 bits per heavy atom. The molecule has 0 radical (unpaired) electrons. The molecule has 2 rings (SSSR count). The Balaban J connectivity index is 2.06. The van der Waals surface area contributed by atoms with Gasteiger partial charge in [0.05, 0.1) is 10.6 Å². The second-order valence-electron chi connectivity index (χ2n) is 4.30. The summed E-state index contributed by atoms with van der Waals surface area (Å²) in [5, 5.41) is 14.4. The number of aromatic nitrogens is 1. The minimum absolute atomic E-state index is 0.00116. The monoisotopic (exact) mass is 302 g/mol. The fraction of sp³-hybridized carbons (Fsp3) is 0.0714. The van der Waals surface area contributed by atoms with Gasteiger partial charge in [0.2, 0.25) is 0 Å². The lowest BCUT2D eigenvalue weighted by Gasteiger charge is -2.02. The van der Waals surface area contributed by atoms with Gasteiger partial charge in [0.25, 0.3) is 11.6 Å². The Morgan fingerprint density at radius 2 is 1.95 bits per heavy atom. The predicted octanol–water partition coefficient (Wildman–Crippen LogP) is 2.28. The molecule has 22 heavy (non-hydrogen) atoms. The van der Waals surface area contributed by atoms with Crippen LogP contribution in [0.3, 0.4) is 0 Å². The van der Waals surface area contributed by atoms with Crippen molar-refractivity contribution in [3.8, 4) is 0 Å². The molecule has 1 N–H and O–H groups in total. The Labute approximate surface area is 124 Å². The van der Waals surface area contributed by atoms with Crippen molar-refractivity contribution in [2.45, 2.75) is 6.92 Å². The van der Waals surface area contributed by atoms with E-state index in [1.165, 1.54) is 36.4 Å². The van der Waals surface area contributed by atoms with Crippen LogP contribution in [0, 0.1) is 15.9 Å². The molecule has 1 heterocycles. The molecule has 0 aliphatic rings. The number of pyridine rings is 1. The van der Waals surface area contributed by atoms with Gasteiger partial charge in [-0.1, -0.05) is 12.1 Å². The molecule has 2 aromatic rings. The van der Waals surface area contributed by atoms with Crippen LogP contribution in [0.5, 0.6) is 0 Å². The first kappa shape index (κ1) is 15.2. The summed E-state index contributed by atoms with van der Waals surface area (Å²) in [5.41, 5.74) is 3.21. The first-order valence-corrected chi connectivity index (χ1v) is 6.18. The minimum Gasteiger partial charge on any atom is -0.266 e. The molecule has 112 valence electrons. The number of benzene rings is 1. The van der Waals surface area contributed by atoms with Gasteiger partial charge in [0, 0.05) is 6.07 Å². The molecule has 0 saturated carbocycles. The van der Waals surface area contributed by atoms with E-state index in [0.717, 1.165) is 6.20 Å². The molecule has 0 aliphatic heterocycles. The highest BCUT2D eigenvalue weighted by Crippen LogP contribution is 2.09. The van der Waals surface area contributed by atoms with Crippen LogP contribution in [0.2, 0.25) is 0 Å². The van der Waals surface area contributed by atoms with Crippen molar-refractivity contribution in [3.05, 3.63) is 69.8 Å². The number of halogens is 1. The van der Waals surface area contributed by atoms with Gasteiger partial charge in [-0.2, -0.15) is 5.10 Å². The van der Waals surface area contributed by atoms with Gasteiger partial charge in [-0.3, -0.25) is 14.9 Å². The second kappa shape index (κ2) is 6.53. The summed E-state index contributed by atoms with van der Waals surface area (Å²) in [6.07, 6.45) is 0.992. The third-order valence-corrected chi connectivity index (χ3v) is 2.78. The zero-order valence-electron chi connectivity index (χ0n) is 11.5. The summed E-state index contributed by atoms with van der Waals surface area (Å²) in [6, 6.07) is 8.05. The van der Waals surface area contributed by atoms with Crippen molar-refractivity contribution in [2.24, 2.45) is 5.10 Å². The summed E-state index contributed by atoms with van der Waals surface area (Å²) in [6.45, 7) is 1.65. The molecule has 1 aromatic heterocycles. The smallest absolute Gasteiger partial charge is 0.266 e. The first-order chi connectivity index (χ1) is 10.5. The highest BCUT2D eigenvalue weighted by Gasteiger charge is 2.10. The maximum atomic E-state index is 12.8. The lowest BCUT2D eigenvalue weighted by Crippen LogP contribution is -2.20. The summed E-state index contributed by atoms with van der Waals surface area (Å²) >= 11 is 0. The summed E-state index contributed by atoms with van der Waals surface area (Å²) < 4.78 is 12.8. The molecule has 7 nitrogen and oxygen atoms in total. The Bertz CT molecular complexity index is 727. The average molecular weight is 302 g/mol. The predicted molar refractivity (Wildman–Crippen MR) is 77.0 cm³/mol. The summed E-state index contributed by atoms with van der Waals surface area (Å²) in [4.78, 5) is 25.4. The highest BCUT2D eigenvalue weighted by molar-refractivity contribution is 6.00. The molecule has 1 amide bonds. The number of nitrogens with one attached hydrogen (secondary N) is 1. The normalized spacial score (nSPS) is 11.1. The molecule has 1 aromatic carbocycles. The molecule has 0 fully saturated rings. The average Bonchev–Trinajstić information content (AvgIpc) is 2.53. The number of carbonyl (C=O) groups excluding carboxylic acids is 1. The quantitative estimate of drug-likeness (QED) is 0.532. The van der Waals surface area contributed by atoms with Crippen LogP contribution in [0.4, 0.5) is 10.1 Å². The van der Waals surface area contributed by atoms with E-state index in [4.69, 9.17) is 0 Å². The molecule has 0 saturated heterocycles. The zero-order valence-corrected chi connectivity index (χ0v) is 11.5. The molecule has 0 atom stereocenters. The van der Waals surface area contributed by atoms with Crippen molar-refractivity contribution >= 4 is 17.3 Å². The highest BCUT2D eigenvalue weighted by atomic mass is 19.1. The lowest BCUT2D eigenvalue weighted by atomic mass is 10.1. The standard InChI is InChI=1S/C14H11FN4O3/c1-9(10-2-4-11(15)5-3-10)17-18-14(20)13-7-6-12(8-16-13)19(21)22/h2-8H,1H3,(H,18,20). The number of amides is 1. The van der Waals surface area contributed by atoms with Crippen LogP contribution in [-0.2, 0) is 0 Å². The number of nitrogens with zero attached hydrogens (tertiary/aromatic N) is 3. The third-order valence-electron chi connectivity index (χ3n) is 2.78. The van der Waals surface area contributed by atoms with E-state index in [1.54, 1.807) is 6.92 Å². The summed E-state index contributed by atoms with van der Waals surface area (Å²) in [5.74, 6) is -0.966. The molecule has 0 spiro atoms. The molecule has 0 aliphatic carbocycles. The lowest BCUT2D eigenvalue weighted by molar-refractivity contribution is -0.385. The van der Waals surface area contributed by atoms with Crippen molar-refractivity contribution in [2.75, 3.05) is 0 Å². The van der Waals surface area contributed by atoms with Gasteiger partial charge in [-0.25, -0.2) is 14.8 Å². The fourth-order valence-corrected chi connectivity index (χ4v) is 1.58. The van der Waals surface area contributed by atoms with Crippen molar-refractivity contribution < 1.29 is 14.1 Å². The van der Waals surface area contributed by atoms with Crippen LogP contribution >= 0.6 is 0 Å². The maximum absolute atomic E-state index is 12.8. The first-order valence-electron chi connectivity index (χ1n) is 6.18. The number of carbonyl (C=O) groups is 1. The Morgan fingerprint density at radius 1 is 1.27 bits per heavy atom. The van der Waals surface area contributed by atoms with Crippen molar-refractivity contribution in [3.63, 3.8) is 0 Å². The second-order valence-corrected chi connectivity index (χ2v) is 4.30. The van der Waals surface area contributed by atoms with E-state index in [0.29, 0.717) is 11.3 Å². The number of hydrogen-bond acceptors (Lipinski definition) is 5. The van der Waals surface area contributed by atoms with E-state index in [1.807, 2.05) is 0 Å². The topological polar surface area (TPSA) is 97.5 Å². The van der Waals surface area contributed by atoms with E-state index in [-0.39, 0.29) is 17.2 Å². The summed E-state index contributed by atoms with van der Waals surface area (Å²) in [7, 11) is 0. The molecular weight excluding hydrogens is 291 g/mol. The molecule has 0 bridgehead atoms. The number of rotatable bonds is 4. The SMILES string of the molecule is CC(=NNC(=O)c1ccc([N+](=O)[O-])cn1)c1ccc(F)cc1. The number of nitro groups is 1. The molecule has 0 unspecified atom stereocenters. The minimum atomic E-state index is -0.606. The van der Waals surface area contributed by atoms with Gasteiger partial charge in [-0.05, 0) is 30.7 Å². The van der Waals surface area contributed by atoms with Gasteiger partial charge in [0.15, 0.2) is 0 Å². The van der Waals surface area contributed by atoms with E-state index < -0.39 is 10.8 Å². The van der Waals surface area contributed by atoms with Crippen LogP contribution in [0.15, 0.2) is 47.7 Å². The fourth-order valence-electron chi connectivity index (χ4n) is 1.58. The van der Waals surface area contributed by atoms with Gasteiger partial charge in [-0.15, -0.1) is 0 Å². The van der Waals surface area contributed by atoms with Gasteiger partial charge >= 0.3 is 0 Å². The number of hydrazone groups is 1. The van der Waals surface area contributed by atoms with Crippen molar-refractivity contribution in [1.29, 1.82) is 0 Å². The number of hydrogen-bond donors (Lipinski definition) is 1. The van der Waals surface area contributed by atoms with Gasteiger partial charge in [0.1, 0.15) is 17.7 Å². The zero-order chi connectivity index (χ0) is 16.1. The Kier molecular flexibility index (Phi) is 4.52. The largest absolute Gasteiger partial charge is 0.289 e. The van der Waals surface area contributed by atoms with E-state index >= 15 is 0 Å². The Hall–Kier alpha value is -3.16. The van der Waals surface area contributed by atoms with E-state index in [2.05, 4.69) is 15.5 Å². The molecule has 8 heteroatoms. The third kappa shape index (κ3) is 3.69. The van der Waals surface area contributed by atoms with Crippen LogP contribution < -0.4 is 5.43 Å². The van der Waals surface area contributed by atoms with Crippen LogP contribution in [0.1, 0.15) is 23.0 Å². The van der Waals surface area contributed by atoms with Crippen molar-refractivity contribution in [1.82, 2.24) is 10.4 Å². The van der Waals surface area contributed by atoms with Gasteiger partial charge < -0.3 is 0 Å².